The average Bonchev–Trinajstić information content (AvgIpc) is 2.80. The van der Waals surface area contributed by atoms with Crippen molar-refractivity contribution in [3.05, 3.63) is 26.9 Å². The van der Waals surface area contributed by atoms with Crippen LogP contribution < -0.4 is 0 Å². The number of halogens is 2. The summed E-state index contributed by atoms with van der Waals surface area (Å²) in [5, 5.41) is 0.510. The Morgan fingerprint density at radius 2 is 2.12 bits per heavy atom. The molecule has 0 N–H and O–H groups in total. The van der Waals surface area contributed by atoms with E-state index in [1.807, 2.05) is 4.57 Å². The van der Waals surface area contributed by atoms with Crippen LogP contribution in [0.25, 0.3) is 11.5 Å². The number of imidazole rings is 1. The molecule has 0 aliphatic heterocycles. The second-order valence-electron chi connectivity index (χ2n) is 3.52. The van der Waals surface area contributed by atoms with Gasteiger partial charge < -0.3 is 4.57 Å². The fourth-order valence-electron chi connectivity index (χ4n) is 1.57. The fraction of sp³-hybridized carbons (Fsp3) is 0.364. The van der Waals surface area contributed by atoms with Gasteiger partial charge in [-0.1, -0.05) is 18.5 Å². The van der Waals surface area contributed by atoms with Gasteiger partial charge in [0.05, 0.1) is 21.8 Å². The first-order chi connectivity index (χ1) is 8.17. The van der Waals surface area contributed by atoms with Crippen LogP contribution in [0.1, 0.15) is 19.5 Å². The van der Waals surface area contributed by atoms with E-state index in [1.165, 1.54) is 0 Å². The smallest absolute Gasteiger partial charge is 0.179 e. The Bertz CT molecular complexity index is 538. The summed E-state index contributed by atoms with van der Waals surface area (Å²) in [5.41, 5.74) is 1.88. The third-order valence-electron chi connectivity index (χ3n) is 2.50. The molecule has 0 aromatic carbocycles. The molecule has 0 radical (unpaired) electrons. The van der Waals surface area contributed by atoms with Gasteiger partial charge in [0.25, 0.3) is 0 Å². The van der Waals surface area contributed by atoms with Crippen molar-refractivity contribution in [3.8, 4) is 11.5 Å². The minimum absolute atomic E-state index is 0.510. The third-order valence-corrected chi connectivity index (χ3v) is 4.22. The van der Waals surface area contributed by atoms with Gasteiger partial charge in [-0.2, -0.15) is 0 Å². The second-order valence-corrected chi connectivity index (χ2v) is 4.95. The first-order valence-electron chi connectivity index (χ1n) is 5.39. The minimum atomic E-state index is 0.510. The predicted octanol–water partition coefficient (Wildman–Crippen LogP) is 3.18. The lowest BCUT2D eigenvalue weighted by molar-refractivity contribution is 0.762. The van der Waals surface area contributed by atoms with Crippen LogP contribution in [-0.2, 0) is 13.0 Å². The minimum Gasteiger partial charge on any atom is -0.328 e. The van der Waals surface area contributed by atoms with Crippen LogP contribution in [0.5, 0.6) is 0 Å². The van der Waals surface area contributed by atoms with Crippen LogP contribution in [-0.4, -0.2) is 19.5 Å². The van der Waals surface area contributed by atoms with Crippen molar-refractivity contribution >= 4 is 34.2 Å². The highest BCUT2D eigenvalue weighted by atomic mass is 127. The molecule has 0 saturated heterocycles. The normalized spacial score (nSPS) is 10.8. The molecule has 0 saturated carbocycles. The number of nitrogens with zero attached hydrogens (tertiary/aromatic N) is 4. The van der Waals surface area contributed by atoms with E-state index in [2.05, 4.69) is 51.4 Å². The zero-order valence-corrected chi connectivity index (χ0v) is 12.5. The van der Waals surface area contributed by atoms with E-state index in [-0.39, 0.29) is 0 Å². The lowest BCUT2D eigenvalue weighted by atomic mass is 10.3. The molecule has 4 nitrogen and oxygen atoms in total. The van der Waals surface area contributed by atoms with Crippen molar-refractivity contribution in [2.75, 3.05) is 0 Å². The topological polar surface area (TPSA) is 43.6 Å². The van der Waals surface area contributed by atoms with Crippen molar-refractivity contribution in [3.63, 3.8) is 0 Å². The summed E-state index contributed by atoms with van der Waals surface area (Å²) in [5.74, 6) is 0.645. The molecule has 0 spiro atoms. The maximum atomic E-state index is 6.12. The Hall–Kier alpha value is -0.690. The molecule has 0 bridgehead atoms. The summed E-state index contributed by atoms with van der Waals surface area (Å²) in [6.07, 6.45) is 4.38. The van der Waals surface area contributed by atoms with Gasteiger partial charge in [0.2, 0.25) is 0 Å². The zero-order valence-electron chi connectivity index (χ0n) is 9.61. The van der Waals surface area contributed by atoms with Crippen LogP contribution in [0.15, 0.2) is 12.5 Å². The SMILES string of the molecule is CCc1nc(-c2cncn2CC)nc(Cl)c1I. The van der Waals surface area contributed by atoms with E-state index in [1.54, 1.807) is 12.5 Å². The van der Waals surface area contributed by atoms with Gasteiger partial charge in [-0.3, -0.25) is 0 Å². The molecular weight excluding hydrogens is 351 g/mol. The van der Waals surface area contributed by atoms with Crippen molar-refractivity contribution < 1.29 is 0 Å². The molecule has 90 valence electrons. The van der Waals surface area contributed by atoms with E-state index >= 15 is 0 Å². The molecule has 17 heavy (non-hydrogen) atoms. The van der Waals surface area contributed by atoms with Gasteiger partial charge in [0, 0.05) is 6.54 Å². The number of aryl methyl sites for hydroxylation is 2. The third kappa shape index (κ3) is 2.44. The molecule has 0 atom stereocenters. The number of hydrogen-bond acceptors (Lipinski definition) is 3. The highest BCUT2D eigenvalue weighted by molar-refractivity contribution is 14.1. The van der Waals surface area contributed by atoms with E-state index < -0.39 is 0 Å². The van der Waals surface area contributed by atoms with Gasteiger partial charge in [-0.25, -0.2) is 15.0 Å². The molecule has 2 rings (SSSR count). The molecule has 0 aliphatic rings. The molecule has 2 heterocycles. The Morgan fingerprint density at radius 1 is 1.35 bits per heavy atom. The van der Waals surface area contributed by atoms with Crippen LogP contribution in [0.2, 0.25) is 5.15 Å². The van der Waals surface area contributed by atoms with E-state index in [0.717, 1.165) is 27.9 Å². The highest BCUT2D eigenvalue weighted by Gasteiger charge is 2.13. The first kappa shape index (κ1) is 12.8. The highest BCUT2D eigenvalue weighted by Crippen LogP contribution is 2.24. The molecule has 0 amide bonds. The summed E-state index contributed by atoms with van der Waals surface area (Å²) in [6, 6.07) is 0. The van der Waals surface area contributed by atoms with Crippen molar-refractivity contribution in [2.24, 2.45) is 0 Å². The second kappa shape index (κ2) is 5.30. The quantitative estimate of drug-likeness (QED) is 0.622. The molecule has 6 heteroatoms. The van der Waals surface area contributed by atoms with E-state index in [4.69, 9.17) is 11.6 Å². The summed E-state index contributed by atoms with van der Waals surface area (Å²) >= 11 is 8.30. The summed E-state index contributed by atoms with van der Waals surface area (Å²) in [7, 11) is 0. The molecule has 2 aromatic rings. The Kier molecular flexibility index (Phi) is 3.98. The first-order valence-corrected chi connectivity index (χ1v) is 6.85. The van der Waals surface area contributed by atoms with Gasteiger partial charge >= 0.3 is 0 Å². The van der Waals surface area contributed by atoms with Crippen LogP contribution in [0, 0.1) is 3.57 Å². The lowest BCUT2D eigenvalue weighted by Gasteiger charge is -2.08. The number of aromatic nitrogens is 4. The average molecular weight is 363 g/mol. The van der Waals surface area contributed by atoms with Crippen molar-refractivity contribution in [1.29, 1.82) is 0 Å². The zero-order chi connectivity index (χ0) is 12.4. The van der Waals surface area contributed by atoms with E-state index in [9.17, 15) is 0 Å². The van der Waals surface area contributed by atoms with Gasteiger partial charge in [0.1, 0.15) is 10.8 Å². The van der Waals surface area contributed by atoms with Crippen LogP contribution in [0.4, 0.5) is 0 Å². The van der Waals surface area contributed by atoms with Gasteiger partial charge in [-0.05, 0) is 35.9 Å². The van der Waals surface area contributed by atoms with Crippen molar-refractivity contribution in [1.82, 2.24) is 19.5 Å². The Morgan fingerprint density at radius 3 is 2.76 bits per heavy atom. The molecule has 0 fully saturated rings. The van der Waals surface area contributed by atoms with Gasteiger partial charge in [0.15, 0.2) is 5.82 Å². The standard InChI is InChI=1S/C11H12ClIN4/c1-3-7-9(13)10(12)16-11(15-7)8-5-14-6-17(8)4-2/h5-6H,3-4H2,1-2H3. The molecule has 0 aliphatic carbocycles. The predicted molar refractivity (Wildman–Crippen MR) is 76.0 cm³/mol. The Balaban J connectivity index is 2.57. The monoisotopic (exact) mass is 362 g/mol. The Labute approximate surface area is 119 Å². The maximum absolute atomic E-state index is 6.12. The molecule has 2 aromatic heterocycles. The van der Waals surface area contributed by atoms with Crippen LogP contribution >= 0.6 is 34.2 Å². The number of hydrogen-bond donors (Lipinski definition) is 0. The van der Waals surface area contributed by atoms with Crippen LogP contribution in [0.3, 0.4) is 0 Å². The fourth-order valence-corrected chi connectivity index (χ4v) is 2.38. The van der Waals surface area contributed by atoms with Crippen molar-refractivity contribution in [2.45, 2.75) is 26.8 Å². The maximum Gasteiger partial charge on any atom is 0.179 e. The summed E-state index contributed by atoms with van der Waals surface area (Å²) < 4.78 is 2.93. The lowest BCUT2D eigenvalue weighted by Crippen LogP contribution is -2.03. The van der Waals surface area contributed by atoms with Gasteiger partial charge in [-0.15, -0.1) is 0 Å². The molecular formula is C11H12ClIN4. The molecule has 0 unspecified atom stereocenters. The summed E-state index contributed by atoms with van der Waals surface area (Å²) in [4.78, 5) is 13.0. The van der Waals surface area contributed by atoms with E-state index in [0.29, 0.717) is 11.0 Å². The largest absolute Gasteiger partial charge is 0.328 e. The number of rotatable bonds is 3. The summed E-state index contributed by atoms with van der Waals surface area (Å²) in [6.45, 7) is 4.95.